The second-order valence-electron chi connectivity index (χ2n) is 3.02. The molecule has 0 aliphatic rings. The van der Waals surface area contributed by atoms with Crippen LogP contribution in [-0.2, 0) is 4.79 Å². The molecule has 0 saturated heterocycles. The number of hydrogen-bond acceptors (Lipinski definition) is 2. The van der Waals surface area contributed by atoms with Crippen LogP contribution in [0.4, 0.5) is 4.39 Å². The molecule has 0 radical (unpaired) electrons. The van der Waals surface area contributed by atoms with Gasteiger partial charge in [-0.25, -0.2) is 4.39 Å². The first-order chi connectivity index (χ1) is 6.61. The van der Waals surface area contributed by atoms with Crippen LogP contribution >= 0.6 is 0 Å². The van der Waals surface area contributed by atoms with Crippen molar-refractivity contribution in [1.82, 2.24) is 5.32 Å². The van der Waals surface area contributed by atoms with E-state index in [4.69, 9.17) is 5.11 Å². The quantitative estimate of drug-likeness (QED) is 0.770. The summed E-state index contributed by atoms with van der Waals surface area (Å²) in [7, 11) is 0. The summed E-state index contributed by atoms with van der Waals surface area (Å²) in [5.41, 5.74) is 0.480. The first-order valence-electron chi connectivity index (χ1n) is 4.31. The van der Waals surface area contributed by atoms with E-state index >= 15 is 0 Å². The number of nitrogens with one attached hydrogen (secondary N) is 1. The van der Waals surface area contributed by atoms with E-state index in [9.17, 15) is 9.18 Å². The van der Waals surface area contributed by atoms with E-state index in [0.29, 0.717) is 5.56 Å². The van der Waals surface area contributed by atoms with E-state index in [1.807, 2.05) is 0 Å². The van der Waals surface area contributed by atoms with Crippen LogP contribution in [0, 0.1) is 5.82 Å². The maximum Gasteiger partial charge on any atom is 0.317 e. The minimum Gasteiger partial charge on any atom is -0.480 e. The van der Waals surface area contributed by atoms with Crippen LogP contribution in [0.1, 0.15) is 18.5 Å². The maximum absolute atomic E-state index is 13.2. The Morgan fingerprint density at radius 2 is 2.21 bits per heavy atom. The summed E-state index contributed by atoms with van der Waals surface area (Å²) in [6.07, 6.45) is 0. The van der Waals surface area contributed by atoms with Gasteiger partial charge in [-0.05, 0) is 13.0 Å². The molecule has 1 atom stereocenters. The van der Waals surface area contributed by atoms with E-state index in [2.05, 4.69) is 5.32 Å². The van der Waals surface area contributed by atoms with Crippen molar-refractivity contribution in [1.29, 1.82) is 0 Å². The van der Waals surface area contributed by atoms with Crippen LogP contribution in [0.2, 0.25) is 0 Å². The fourth-order valence-corrected chi connectivity index (χ4v) is 1.18. The minimum absolute atomic E-state index is 0.171. The summed E-state index contributed by atoms with van der Waals surface area (Å²) in [6, 6.07) is 6.01. The lowest BCUT2D eigenvalue weighted by Gasteiger charge is -2.12. The highest BCUT2D eigenvalue weighted by Crippen LogP contribution is 2.15. The average molecular weight is 197 g/mol. The minimum atomic E-state index is -0.951. The first-order valence-corrected chi connectivity index (χ1v) is 4.31. The lowest BCUT2D eigenvalue weighted by molar-refractivity contribution is -0.136. The van der Waals surface area contributed by atoms with Crippen molar-refractivity contribution < 1.29 is 14.3 Å². The molecular weight excluding hydrogens is 185 g/mol. The number of aliphatic carboxylic acids is 1. The second-order valence-corrected chi connectivity index (χ2v) is 3.02. The number of carboxylic acids is 1. The van der Waals surface area contributed by atoms with Gasteiger partial charge in [0.1, 0.15) is 5.82 Å². The topological polar surface area (TPSA) is 49.3 Å². The van der Waals surface area contributed by atoms with E-state index in [0.717, 1.165) is 0 Å². The Labute approximate surface area is 81.6 Å². The molecule has 0 unspecified atom stereocenters. The van der Waals surface area contributed by atoms with Gasteiger partial charge >= 0.3 is 5.97 Å². The van der Waals surface area contributed by atoms with E-state index in [-0.39, 0.29) is 18.4 Å². The molecule has 76 valence electrons. The van der Waals surface area contributed by atoms with Gasteiger partial charge in [0.05, 0.1) is 6.54 Å². The molecule has 3 nitrogen and oxygen atoms in total. The van der Waals surface area contributed by atoms with Crippen LogP contribution in [0.3, 0.4) is 0 Å². The van der Waals surface area contributed by atoms with Gasteiger partial charge in [-0.3, -0.25) is 4.79 Å². The summed E-state index contributed by atoms with van der Waals surface area (Å²) in [4.78, 5) is 10.3. The molecule has 1 aromatic rings. The number of benzene rings is 1. The first kappa shape index (κ1) is 10.7. The van der Waals surface area contributed by atoms with Crippen LogP contribution in [0.5, 0.6) is 0 Å². The third kappa shape index (κ3) is 2.81. The van der Waals surface area contributed by atoms with E-state index in [1.54, 1.807) is 25.1 Å². The fourth-order valence-electron chi connectivity index (χ4n) is 1.18. The number of halogens is 1. The highest BCUT2D eigenvalue weighted by atomic mass is 19.1. The molecule has 0 aliphatic heterocycles. The molecule has 1 rings (SSSR count). The molecule has 14 heavy (non-hydrogen) atoms. The van der Waals surface area contributed by atoms with Crippen molar-refractivity contribution in [3.8, 4) is 0 Å². The van der Waals surface area contributed by atoms with Crippen LogP contribution in [0.25, 0.3) is 0 Å². The molecule has 1 aromatic carbocycles. The van der Waals surface area contributed by atoms with Crippen molar-refractivity contribution >= 4 is 5.97 Å². The zero-order valence-electron chi connectivity index (χ0n) is 7.83. The average Bonchev–Trinajstić information content (AvgIpc) is 2.15. The molecule has 0 saturated carbocycles. The van der Waals surface area contributed by atoms with Crippen LogP contribution in [0.15, 0.2) is 24.3 Å². The van der Waals surface area contributed by atoms with Gasteiger partial charge in [-0.2, -0.15) is 0 Å². The molecule has 0 spiro atoms. The second kappa shape index (κ2) is 4.72. The Kier molecular flexibility index (Phi) is 3.59. The number of carbonyl (C=O) groups is 1. The molecular formula is C10H12FNO2. The Morgan fingerprint density at radius 3 is 2.79 bits per heavy atom. The smallest absolute Gasteiger partial charge is 0.317 e. The summed E-state index contributed by atoms with van der Waals surface area (Å²) in [5.74, 6) is -1.27. The van der Waals surface area contributed by atoms with Crippen molar-refractivity contribution in [2.75, 3.05) is 6.54 Å². The van der Waals surface area contributed by atoms with Gasteiger partial charge < -0.3 is 10.4 Å². The van der Waals surface area contributed by atoms with Crippen LogP contribution < -0.4 is 5.32 Å². The number of carboxylic acid groups (broad SMARTS) is 1. The highest BCUT2D eigenvalue weighted by Gasteiger charge is 2.10. The van der Waals surface area contributed by atoms with Gasteiger partial charge in [-0.1, -0.05) is 18.2 Å². The molecule has 0 amide bonds. The summed E-state index contributed by atoms with van der Waals surface area (Å²) in [6.45, 7) is 1.55. The van der Waals surface area contributed by atoms with E-state index in [1.165, 1.54) is 6.07 Å². The third-order valence-corrected chi connectivity index (χ3v) is 1.93. The van der Waals surface area contributed by atoms with Gasteiger partial charge in [0.15, 0.2) is 0 Å². The van der Waals surface area contributed by atoms with Crippen molar-refractivity contribution in [2.24, 2.45) is 0 Å². The van der Waals surface area contributed by atoms with Gasteiger partial charge in [0.25, 0.3) is 0 Å². The van der Waals surface area contributed by atoms with Crippen LogP contribution in [-0.4, -0.2) is 17.6 Å². The number of hydrogen-bond donors (Lipinski definition) is 2. The molecule has 0 aromatic heterocycles. The van der Waals surface area contributed by atoms with Gasteiger partial charge in [0, 0.05) is 11.6 Å². The molecule has 2 N–H and O–H groups in total. The molecule has 0 bridgehead atoms. The van der Waals surface area contributed by atoms with Crippen molar-refractivity contribution in [3.63, 3.8) is 0 Å². The predicted molar refractivity (Wildman–Crippen MR) is 50.5 cm³/mol. The zero-order chi connectivity index (χ0) is 10.6. The Hall–Kier alpha value is -1.42. The van der Waals surface area contributed by atoms with E-state index < -0.39 is 5.97 Å². The standard InChI is InChI=1S/C10H12FNO2/c1-7(12-6-10(13)14)8-4-2-3-5-9(8)11/h2-5,7,12H,6H2,1H3,(H,13,14)/t7-/m1/s1. The Balaban J connectivity index is 2.65. The largest absolute Gasteiger partial charge is 0.480 e. The molecule has 0 fully saturated rings. The SMILES string of the molecule is C[C@@H](NCC(=O)O)c1ccccc1F. The zero-order valence-corrected chi connectivity index (χ0v) is 7.83. The van der Waals surface area contributed by atoms with Crippen molar-refractivity contribution in [2.45, 2.75) is 13.0 Å². The van der Waals surface area contributed by atoms with Crippen molar-refractivity contribution in [3.05, 3.63) is 35.6 Å². The summed E-state index contributed by atoms with van der Waals surface area (Å²) in [5, 5.41) is 11.1. The monoisotopic (exact) mass is 197 g/mol. The molecule has 0 aliphatic carbocycles. The lowest BCUT2D eigenvalue weighted by atomic mass is 10.1. The molecule has 0 heterocycles. The predicted octanol–water partition coefficient (Wildman–Crippen LogP) is 1.56. The fraction of sp³-hybridized carbons (Fsp3) is 0.300. The Morgan fingerprint density at radius 1 is 1.57 bits per heavy atom. The van der Waals surface area contributed by atoms with Gasteiger partial charge in [0.2, 0.25) is 0 Å². The summed E-state index contributed by atoms with van der Waals surface area (Å²) >= 11 is 0. The highest BCUT2D eigenvalue weighted by molar-refractivity contribution is 5.69. The molecule has 4 heteroatoms. The van der Waals surface area contributed by atoms with Gasteiger partial charge in [-0.15, -0.1) is 0 Å². The maximum atomic E-state index is 13.2. The summed E-state index contributed by atoms with van der Waals surface area (Å²) < 4.78 is 13.2. The number of rotatable bonds is 4. The third-order valence-electron chi connectivity index (χ3n) is 1.93. The lowest BCUT2D eigenvalue weighted by Crippen LogP contribution is -2.26. The Bertz CT molecular complexity index is 328. The normalized spacial score (nSPS) is 12.4.